The summed E-state index contributed by atoms with van der Waals surface area (Å²) < 4.78 is 0. The standard InChI is InChI=1S/C68H115N7O3.Zn/c1-3-5-7-9-11-13-15-17-20-26-32-43-63(52-51-62(42-31-25-19-16-14-12-10-8-6-4-2)44-33-27-21-18-22-29-35-48-66(76)72-56-53-69)45-34-28-23-24-30-36-49-67(77)73-57-58-74-68(78)50-41-59-75(60-64-46-37-39-54-70-64)61-65-47-38-40-55-71-65;/h37-40,43-44,46-47,54-55H,3-36,41-42,45,48-50,53,56-61,69H2,1-2H3,(H,72,76)(H,73,77)(H,74,78);/q;+2/p+1/b62-44-,63-43-;. The molecular weight excluding hydrogens is 1030 g/mol. The number of hydrogen-bond donors (Lipinski definition) is 4. The van der Waals surface area contributed by atoms with Gasteiger partial charge in [0.05, 0.1) is 24.5 Å². The van der Waals surface area contributed by atoms with Crippen molar-refractivity contribution in [1.29, 1.82) is 0 Å². The fraction of sp³-hybridized carbons (Fsp3) is 0.721. The first-order valence-corrected chi connectivity index (χ1v) is 32.4. The molecule has 0 radical (unpaired) electrons. The number of pyridine rings is 2. The summed E-state index contributed by atoms with van der Waals surface area (Å²) in [6.45, 7) is 9.06. The van der Waals surface area contributed by atoms with Crippen LogP contribution in [0.25, 0.3) is 0 Å². The molecular formula is C68H116N7O3Zn+3. The fourth-order valence-corrected chi connectivity index (χ4v) is 10.0. The van der Waals surface area contributed by atoms with Gasteiger partial charge in [0.2, 0.25) is 17.7 Å². The number of rotatable bonds is 53. The van der Waals surface area contributed by atoms with E-state index in [0.29, 0.717) is 52.0 Å². The first kappa shape index (κ1) is 73.3. The van der Waals surface area contributed by atoms with Gasteiger partial charge in [-0.1, -0.05) is 217 Å². The zero-order chi connectivity index (χ0) is 55.9. The van der Waals surface area contributed by atoms with Gasteiger partial charge in [-0.2, -0.15) is 0 Å². The molecule has 2 rings (SSSR count). The van der Waals surface area contributed by atoms with E-state index in [9.17, 15) is 14.4 Å². The van der Waals surface area contributed by atoms with E-state index in [0.717, 1.165) is 95.1 Å². The molecule has 0 atom stereocenters. The van der Waals surface area contributed by atoms with Gasteiger partial charge in [-0.25, -0.2) is 0 Å². The number of unbranched alkanes of at least 4 members (excludes halogenated alkanes) is 30. The van der Waals surface area contributed by atoms with Gasteiger partial charge in [-0.3, -0.25) is 29.3 Å². The molecule has 0 aliphatic carbocycles. The molecule has 0 saturated carbocycles. The van der Waals surface area contributed by atoms with Crippen LogP contribution in [-0.4, -0.2) is 65.3 Å². The molecule has 3 amide bonds. The van der Waals surface area contributed by atoms with E-state index in [1.807, 2.05) is 48.8 Å². The third-order valence-corrected chi connectivity index (χ3v) is 14.9. The van der Waals surface area contributed by atoms with E-state index in [2.05, 4.69) is 74.4 Å². The molecule has 440 valence electrons. The second-order valence-electron chi connectivity index (χ2n) is 22.3. The molecule has 10 nitrogen and oxygen atoms in total. The van der Waals surface area contributed by atoms with E-state index in [-0.39, 0.29) is 37.2 Å². The number of allylic oxidation sites excluding steroid dienone is 4. The zero-order valence-electron chi connectivity index (χ0n) is 51.0. The maximum Gasteiger partial charge on any atom is 2.00 e. The second-order valence-corrected chi connectivity index (χ2v) is 22.3. The molecule has 2 aromatic rings. The average molecular weight is 1150 g/mol. The maximum absolute atomic E-state index is 12.6. The van der Waals surface area contributed by atoms with Crippen LogP contribution in [-0.2, 0) is 47.0 Å². The monoisotopic (exact) mass is 1140 g/mol. The van der Waals surface area contributed by atoms with Crippen molar-refractivity contribution in [3.63, 3.8) is 0 Å². The summed E-state index contributed by atoms with van der Waals surface area (Å²) in [6, 6.07) is 11.9. The minimum Gasteiger partial charge on any atom is -0.356 e. The number of hydrogen-bond acceptors (Lipinski definition) is 6. The predicted molar refractivity (Wildman–Crippen MR) is 329 cm³/mol. The zero-order valence-corrected chi connectivity index (χ0v) is 54.0. The van der Waals surface area contributed by atoms with Crippen molar-refractivity contribution in [2.24, 2.45) is 0 Å². The van der Waals surface area contributed by atoms with Crippen molar-refractivity contribution in [1.82, 2.24) is 30.8 Å². The summed E-state index contributed by atoms with van der Waals surface area (Å²) in [4.78, 5) is 48.5. The Morgan fingerprint density at radius 1 is 0.443 bits per heavy atom. The van der Waals surface area contributed by atoms with Crippen molar-refractivity contribution in [2.75, 3.05) is 32.7 Å². The van der Waals surface area contributed by atoms with Crippen LogP contribution in [0.1, 0.15) is 282 Å². The van der Waals surface area contributed by atoms with Crippen molar-refractivity contribution in [3.8, 4) is 11.8 Å². The molecule has 0 spiro atoms. The molecule has 0 unspecified atom stereocenters. The van der Waals surface area contributed by atoms with Crippen LogP contribution >= 0.6 is 0 Å². The van der Waals surface area contributed by atoms with Crippen LogP contribution in [0.15, 0.2) is 72.1 Å². The molecule has 0 bridgehead atoms. The van der Waals surface area contributed by atoms with Crippen LogP contribution in [0.2, 0.25) is 0 Å². The molecule has 2 aromatic heterocycles. The third kappa shape index (κ3) is 47.6. The van der Waals surface area contributed by atoms with Crippen molar-refractivity contribution in [3.05, 3.63) is 83.5 Å². The Hall–Kier alpha value is -3.71. The van der Waals surface area contributed by atoms with Gasteiger partial charge in [-0.15, -0.1) is 0 Å². The molecule has 0 aliphatic rings. The summed E-state index contributed by atoms with van der Waals surface area (Å²) in [5.74, 6) is 7.74. The Morgan fingerprint density at radius 3 is 1.13 bits per heavy atom. The van der Waals surface area contributed by atoms with Crippen molar-refractivity contribution >= 4 is 17.7 Å². The molecule has 79 heavy (non-hydrogen) atoms. The Balaban J connectivity index is 0.0000312. The molecule has 0 aromatic carbocycles. The number of carbonyl (C=O) groups excluding carboxylic acids is 3. The smallest absolute Gasteiger partial charge is 0.356 e. The van der Waals surface area contributed by atoms with Gasteiger partial charge >= 0.3 is 19.5 Å². The minimum absolute atomic E-state index is 0. The summed E-state index contributed by atoms with van der Waals surface area (Å²) in [5, 5.41) is 8.92. The molecule has 2 heterocycles. The molecule has 6 N–H and O–H groups in total. The van der Waals surface area contributed by atoms with Gasteiger partial charge in [0.1, 0.15) is 0 Å². The molecule has 0 fully saturated rings. The minimum atomic E-state index is 0. The van der Waals surface area contributed by atoms with E-state index in [4.69, 9.17) is 0 Å². The Kier molecular flexibility index (Phi) is 52.1. The molecule has 11 heteroatoms. The van der Waals surface area contributed by atoms with E-state index in [1.165, 1.54) is 178 Å². The summed E-state index contributed by atoms with van der Waals surface area (Å²) >= 11 is 0. The largest absolute Gasteiger partial charge is 2.00 e. The Labute approximate surface area is 497 Å². The molecule has 0 saturated heterocycles. The van der Waals surface area contributed by atoms with Gasteiger partial charge in [0.25, 0.3) is 0 Å². The van der Waals surface area contributed by atoms with Crippen LogP contribution in [0.3, 0.4) is 0 Å². The number of nitrogens with zero attached hydrogens (tertiary/aromatic N) is 3. The Morgan fingerprint density at radius 2 is 0.772 bits per heavy atom. The number of quaternary nitrogens is 1. The van der Waals surface area contributed by atoms with Crippen LogP contribution in [0.5, 0.6) is 0 Å². The number of nitrogens with one attached hydrogen (secondary N) is 3. The summed E-state index contributed by atoms with van der Waals surface area (Å²) in [7, 11) is 0. The number of aromatic nitrogens is 2. The number of carbonyl (C=O) groups is 3. The second kappa shape index (κ2) is 56.2. The molecule has 0 aliphatic heterocycles. The topological polar surface area (TPSA) is 144 Å². The van der Waals surface area contributed by atoms with Crippen molar-refractivity contribution in [2.45, 2.75) is 284 Å². The van der Waals surface area contributed by atoms with Gasteiger partial charge in [0.15, 0.2) is 0 Å². The van der Waals surface area contributed by atoms with E-state index < -0.39 is 0 Å². The van der Waals surface area contributed by atoms with Crippen LogP contribution in [0, 0.1) is 11.8 Å². The third-order valence-electron chi connectivity index (χ3n) is 14.9. The first-order valence-electron chi connectivity index (χ1n) is 32.4. The van der Waals surface area contributed by atoms with Gasteiger partial charge in [0, 0.05) is 57.8 Å². The summed E-state index contributed by atoms with van der Waals surface area (Å²) in [6.07, 6.45) is 56.1. The number of amides is 3. The Bertz CT molecular complexity index is 1810. The normalized spacial score (nSPS) is 11.5. The van der Waals surface area contributed by atoms with Crippen LogP contribution in [0.4, 0.5) is 0 Å². The first-order chi connectivity index (χ1) is 38.4. The SMILES string of the molecule is CCCCCCCCCCCC/C=C(\C#C/C(=C\CCCCCCCCC(=O)NCC[NH3+])CCCCCCCCCCCC)CCCCCCCCC(=O)NCCNC(=O)CCCN(Cc1ccccn1)Cc1ccccn1.[Zn+2]. The van der Waals surface area contributed by atoms with E-state index in [1.54, 1.807) is 0 Å². The summed E-state index contributed by atoms with van der Waals surface area (Å²) in [5.41, 5.74) is 8.49. The van der Waals surface area contributed by atoms with E-state index >= 15 is 0 Å². The quantitative estimate of drug-likeness (QED) is 0.0295. The predicted octanol–water partition coefficient (Wildman–Crippen LogP) is 15.6. The van der Waals surface area contributed by atoms with Crippen molar-refractivity contribution < 1.29 is 39.6 Å². The van der Waals surface area contributed by atoms with Gasteiger partial charge in [-0.05, 0) is 113 Å². The maximum atomic E-state index is 12.6. The average Bonchev–Trinajstić information content (AvgIpc) is 3.45. The van der Waals surface area contributed by atoms with Crippen LogP contribution < -0.4 is 21.7 Å². The fourth-order valence-electron chi connectivity index (χ4n) is 10.0. The van der Waals surface area contributed by atoms with Gasteiger partial charge < -0.3 is 21.7 Å².